The second-order valence-electron chi connectivity index (χ2n) is 10.8. The van der Waals surface area contributed by atoms with Gasteiger partial charge in [-0.1, -0.05) is 32.4 Å². The van der Waals surface area contributed by atoms with Crippen molar-refractivity contribution in [3.05, 3.63) is 11.6 Å². The van der Waals surface area contributed by atoms with Crippen molar-refractivity contribution in [3.8, 4) is 0 Å². The molecule has 0 aliphatic heterocycles. The minimum Gasteiger partial charge on any atom is -0.469 e. The highest BCUT2D eigenvalue weighted by molar-refractivity contribution is 5.72. The van der Waals surface area contributed by atoms with Crippen molar-refractivity contribution in [2.45, 2.75) is 85.2 Å². The number of carbonyl (C=O) groups is 2. The van der Waals surface area contributed by atoms with Gasteiger partial charge in [-0.25, -0.2) is 0 Å². The van der Waals surface area contributed by atoms with Crippen LogP contribution in [-0.4, -0.2) is 25.2 Å². The van der Waals surface area contributed by atoms with Gasteiger partial charge in [0.1, 0.15) is 6.10 Å². The van der Waals surface area contributed by atoms with Gasteiger partial charge in [-0.05, 0) is 85.9 Å². The number of esters is 2. The van der Waals surface area contributed by atoms with Crippen molar-refractivity contribution in [1.82, 2.24) is 0 Å². The summed E-state index contributed by atoms with van der Waals surface area (Å²) in [5.74, 6) is 2.18. The molecular weight excluding hydrogens is 364 g/mol. The lowest BCUT2D eigenvalue weighted by Crippen LogP contribution is -2.49. The first kappa shape index (κ1) is 20.9. The highest BCUT2D eigenvalue weighted by atomic mass is 16.5. The molecule has 4 heteroatoms. The largest absolute Gasteiger partial charge is 0.469 e. The predicted molar refractivity (Wildman–Crippen MR) is 112 cm³/mol. The predicted octanol–water partition coefficient (Wildman–Crippen LogP) is 5.31. The van der Waals surface area contributed by atoms with Crippen LogP contribution in [0.1, 0.15) is 79.1 Å². The first-order valence-corrected chi connectivity index (χ1v) is 11.7. The molecule has 0 radical (unpaired) electrons. The normalized spacial score (nSPS) is 44.6. The molecule has 0 saturated heterocycles. The minimum atomic E-state index is -0.142. The number of hydrogen-bond acceptors (Lipinski definition) is 4. The fourth-order valence-electron chi connectivity index (χ4n) is 8.04. The summed E-state index contributed by atoms with van der Waals surface area (Å²) in [5.41, 5.74) is 2.16. The lowest BCUT2D eigenvalue weighted by atomic mass is 9.48. The molecule has 0 bridgehead atoms. The van der Waals surface area contributed by atoms with E-state index in [-0.39, 0.29) is 34.8 Å². The molecule has 3 saturated carbocycles. The number of fused-ring (bicyclic) bond motifs is 5. The standard InChI is InChI=1S/C25H38O4/c1-15(23(27)28-5)20-8-9-21-19-7-6-17-14-18(29-16(2)26)10-12-24(17,3)22(19)11-13-25(20,21)4/h11,15,17-21H,6-10,12-14H2,1-5H3/t15-,17?,18+,19?,20?,21?,24-,25+/m0/s1. The summed E-state index contributed by atoms with van der Waals surface area (Å²) < 4.78 is 10.7. The molecule has 0 N–H and O–H groups in total. The van der Waals surface area contributed by atoms with E-state index in [0.717, 1.165) is 32.1 Å². The maximum Gasteiger partial charge on any atom is 0.308 e. The van der Waals surface area contributed by atoms with Crippen LogP contribution in [0.25, 0.3) is 0 Å². The molecule has 0 aromatic rings. The first-order valence-electron chi connectivity index (χ1n) is 11.7. The molecule has 0 amide bonds. The number of rotatable bonds is 3. The maximum absolute atomic E-state index is 12.3. The van der Waals surface area contributed by atoms with Gasteiger partial charge in [0.25, 0.3) is 0 Å². The monoisotopic (exact) mass is 402 g/mol. The molecule has 8 atom stereocenters. The van der Waals surface area contributed by atoms with E-state index in [9.17, 15) is 9.59 Å². The van der Waals surface area contributed by atoms with Gasteiger partial charge in [0.2, 0.25) is 0 Å². The molecule has 4 aliphatic rings. The van der Waals surface area contributed by atoms with Crippen molar-refractivity contribution in [3.63, 3.8) is 0 Å². The number of allylic oxidation sites excluding steroid dienone is 2. The van der Waals surface area contributed by atoms with Gasteiger partial charge in [-0.15, -0.1) is 0 Å². The van der Waals surface area contributed by atoms with E-state index in [1.165, 1.54) is 33.3 Å². The third-order valence-electron chi connectivity index (χ3n) is 9.56. The molecule has 0 spiro atoms. The fraction of sp³-hybridized carbons (Fsp3) is 0.840. The third kappa shape index (κ3) is 3.25. The second-order valence-corrected chi connectivity index (χ2v) is 10.8. The zero-order valence-electron chi connectivity index (χ0n) is 18.8. The van der Waals surface area contributed by atoms with E-state index >= 15 is 0 Å². The molecule has 29 heavy (non-hydrogen) atoms. The lowest BCUT2D eigenvalue weighted by molar-refractivity contribution is -0.151. The van der Waals surface area contributed by atoms with E-state index < -0.39 is 0 Å². The Morgan fingerprint density at radius 1 is 1.14 bits per heavy atom. The van der Waals surface area contributed by atoms with Crippen molar-refractivity contribution < 1.29 is 19.1 Å². The summed E-state index contributed by atoms with van der Waals surface area (Å²) in [6, 6.07) is 0. The molecular formula is C25H38O4. The highest BCUT2D eigenvalue weighted by Crippen LogP contribution is 2.66. The van der Waals surface area contributed by atoms with Crippen LogP contribution in [0.3, 0.4) is 0 Å². The quantitative estimate of drug-likeness (QED) is 0.474. The SMILES string of the molecule is COC(=O)[C@@H](C)C1CCC2C3CCC4C[C@H](OC(C)=O)CC[C@]4(C)C3=CC[C@@]21C. The van der Waals surface area contributed by atoms with E-state index in [0.29, 0.717) is 23.7 Å². The van der Waals surface area contributed by atoms with Crippen LogP contribution < -0.4 is 0 Å². The molecule has 0 aromatic heterocycles. The van der Waals surface area contributed by atoms with E-state index in [2.05, 4.69) is 26.8 Å². The maximum atomic E-state index is 12.3. The highest BCUT2D eigenvalue weighted by Gasteiger charge is 2.58. The second kappa shape index (κ2) is 7.42. The van der Waals surface area contributed by atoms with Crippen molar-refractivity contribution in [2.75, 3.05) is 7.11 Å². The van der Waals surface area contributed by atoms with Gasteiger partial charge in [-0.3, -0.25) is 9.59 Å². The van der Waals surface area contributed by atoms with Crippen LogP contribution in [-0.2, 0) is 19.1 Å². The van der Waals surface area contributed by atoms with E-state index in [1.54, 1.807) is 5.57 Å². The Balaban J connectivity index is 1.57. The topological polar surface area (TPSA) is 52.6 Å². The molecule has 162 valence electrons. The molecule has 4 rings (SSSR count). The number of methoxy groups -OCH3 is 1. The molecule has 4 nitrogen and oxygen atoms in total. The Labute approximate surface area is 175 Å². The van der Waals surface area contributed by atoms with Gasteiger partial charge in [0, 0.05) is 6.92 Å². The number of hydrogen-bond donors (Lipinski definition) is 0. The van der Waals surface area contributed by atoms with Crippen LogP contribution in [0.2, 0.25) is 0 Å². The Morgan fingerprint density at radius 2 is 1.90 bits per heavy atom. The molecule has 0 aromatic carbocycles. The van der Waals surface area contributed by atoms with E-state index in [1.807, 2.05) is 0 Å². The summed E-state index contributed by atoms with van der Waals surface area (Å²) >= 11 is 0. The van der Waals surface area contributed by atoms with E-state index in [4.69, 9.17) is 9.47 Å². The van der Waals surface area contributed by atoms with Crippen molar-refractivity contribution in [1.29, 1.82) is 0 Å². The van der Waals surface area contributed by atoms with Crippen LogP contribution in [0.15, 0.2) is 11.6 Å². The lowest BCUT2D eigenvalue weighted by Gasteiger charge is -2.57. The van der Waals surface area contributed by atoms with Crippen LogP contribution >= 0.6 is 0 Å². The Hall–Kier alpha value is -1.32. The van der Waals surface area contributed by atoms with Crippen LogP contribution in [0.5, 0.6) is 0 Å². The summed E-state index contributed by atoms with van der Waals surface area (Å²) in [4.78, 5) is 23.7. The van der Waals surface area contributed by atoms with Gasteiger partial charge in [0.05, 0.1) is 13.0 Å². The zero-order valence-corrected chi connectivity index (χ0v) is 18.8. The van der Waals surface area contributed by atoms with Gasteiger partial charge >= 0.3 is 11.9 Å². The van der Waals surface area contributed by atoms with Crippen molar-refractivity contribution in [2.24, 2.45) is 40.4 Å². The Bertz CT molecular complexity index is 712. The smallest absolute Gasteiger partial charge is 0.308 e. The minimum absolute atomic E-state index is 0.0176. The van der Waals surface area contributed by atoms with Gasteiger partial charge < -0.3 is 9.47 Å². The number of carbonyl (C=O) groups excluding carboxylic acids is 2. The van der Waals surface area contributed by atoms with Crippen LogP contribution in [0, 0.1) is 40.4 Å². The Morgan fingerprint density at radius 3 is 2.59 bits per heavy atom. The fourth-order valence-corrected chi connectivity index (χ4v) is 8.04. The molecule has 0 heterocycles. The Kier molecular flexibility index (Phi) is 5.36. The molecule has 4 aliphatic carbocycles. The summed E-state index contributed by atoms with van der Waals surface area (Å²) in [6.45, 7) is 8.51. The van der Waals surface area contributed by atoms with Gasteiger partial charge in [-0.2, -0.15) is 0 Å². The zero-order chi connectivity index (χ0) is 21.0. The number of ether oxygens (including phenoxy) is 2. The third-order valence-corrected chi connectivity index (χ3v) is 9.56. The van der Waals surface area contributed by atoms with Gasteiger partial charge in [0.15, 0.2) is 0 Å². The van der Waals surface area contributed by atoms with Crippen molar-refractivity contribution >= 4 is 11.9 Å². The summed E-state index contributed by atoms with van der Waals surface area (Å²) in [5, 5.41) is 0. The average molecular weight is 403 g/mol. The van der Waals surface area contributed by atoms with Crippen LogP contribution in [0.4, 0.5) is 0 Å². The molecule has 4 unspecified atom stereocenters. The first-order chi connectivity index (χ1) is 13.7. The summed E-state index contributed by atoms with van der Waals surface area (Å²) in [7, 11) is 1.51. The molecule has 3 fully saturated rings. The summed E-state index contributed by atoms with van der Waals surface area (Å²) in [6.07, 6.45) is 11.8. The average Bonchev–Trinajstić information content (AvgIpc) is 3.03.